The molecule has 1 unspecified atom stereocenters. The molecule has 1 aromatic heterocycles. The van der Waals surface area contributed by atoms with Crippen LogP contribution in [0, 0.1) is 0 Å². The lowest BCUT2D eigenvalue weighted by Crippen LogP contribution is -2.48. The number of carbonyl (C=O) groups excluding carboxylic acids is 1. The van der Waals surface area contributed by atoms with Gasteiger partial charge in [-0.3, -0.25) is 4.79 Å². The number of rotatable bonds is 3. The Hall–Kier alpha value is -1.98. The lowest BCUT2D eigenvalue weighted by Gasteiger charge is -2.36. The van der Waals surface area contributed by atoms with E-state index < -0.39 is 0 Å². The highest BCUT2D eigenvalue weighted by Gasteiger charge is 2.31. The van der Waals surface area contributed by atoms with Crippen LogP contribution < -0.4 is 5.32 Å². The third kappa shape index (κ3) is 3.14. The van der Waals surface area contributed by atoms with E-state index in [-0.39, 0.29) is 11.9 Å². The monoisotopic (exact) mass is 342 g/mol. The van der Waals surface area contributed by atoms with Gasteiger partial charge in [0.15, 0.2) is 0 Å². The molecule has 2 aliphatic rings. The molecule has 1 aliphatic carbocycles. The fourth-order valence-electron chi connectivity index (χ4n) is 3.14. The minimum absolute atomic E-state index is 0.0363. The normalized spacial score (nSPS) is 20.9. The van der Waals surface area contributed by atoms with Crippen molar-refractivity contribution in [3.63, 3.8) is 0 Å². The molecule has 5 nitrogen and oxygen atoms in total. The molecule has 1 saturated carbocycles. The number of carbonyl (C=O) groups is 1. The largest absolute Gasteiger partial charge is 0.328 e. The fraction of sp³-hybridized carbons (Fsp3) is 0.389. The summed E-state index contributed by atoms with van der Waals surface area (Å²) in [6, 6.07) is 9.38. The van der Waals surface area contributed by atoms with Crippen molar-refractivity contribution in [2.75, 3.05) is 19.6 Å². The third-order valence-electron chi connectivity index (χ3n) is 4.57. The molecule has 1 aliphatic heterocycles. The van der Waals surface area contributed by atoms with Crippen molar-refractivity contribution in [2.45, 2.75) is 24.8 Å². The first-order valence-corrected chi connectivity index (χ1v) is 8.70. The summed E-state index contributed by atoms with van der Waals surface area (Å²) in [5.41, 5.74) is 1.53. The van der Waals surface area contributed by atoms with Gasteiger partial charge in [-0.2, -0.15) is 0 Å². The van der Waals surface area contributed by atoms with Crippen molar-refractivity contribution < 1.29 is 4.79 Å². The number of benzene rings is 1. The molecule has 24 heavy (non-hydrogen) atoms. The molecular formula is C18H19ClN4O. The van der Waals surface area contributed by atoms with Gasteiger partial charge in [-0.1, -0.05) is 23.7 Å². The Labute approximate surface area is 146 Å². The lowest BCUT2D eigenvalue weighted by atomic mass is 10.0. The number of halogens is 1. The Balaban J connectivity index is 1.62. The zero-order chi connectivity index (χ0) is 16.5. The Morgan fingerprint density at radius 1 is 1.29 bits per heavy atom. The maximum atomic E-state index is 13.0. The second kappa shape index (κ2) is 6.49. The average molecular weight is 343 g/mol. The van der Waals surface area contributed by atoms with Crippen molar-refractivity contribution in [1.82, 2.24) is 20.2 Å². The van der Waals surface area contributed by atoms with Crippen LogP contribution in [-0.4, -0.2) is 40.4 Å². The van der Waals surface area contributed by atoms with Crippen LogP contribution in [0.5, 0.6) is 0 Å². The van der Waals surface area contributed by atoms with Gasteiger partial charge in [0.25, 0.3) is 5.91 Å². The van der Waals surface area contributed by atoms with Gasteiger partial charge in [-0.05, 0) is 36.6 Å². The van der Waals surface area contributed by atoms with E-state index in [0.29, 0.717) is 29.7 Å². The van der Waals surface area contributed by atoms with Gasteiger partial charge in [0.1, 0.15) is 11.5 Å². The summed E-state index contributed by atoms with van der Waals surface area (Å²) in [5, 5.41) is 4.04. The number of piperazine rings is 1. The standard InChI is InChI=1S/C18H19ClN4O/c19-14-3-1-2-13(10-14)16-11-20-8-9-23(16)18(24)15-6-7-21-17(22-15)12-4-5-12/h1-3,6-7,10,12,16,20H,4-5,8-9,11H2. The summed E-state index contributed by atoms with van der Waals surface area (Å²) in [7, 11) is 0. The molecule has 6 heteroatoms. The molecule has 0 radical (unpaired) electrons. The van der Waals surface area contributed by atoms with E-state index in [0.717, 1.165) is 30.8 Å². The zero-order valence-electron chi connectivity index (χ0n) is 13.3. The van der Waals surface area contributed by atoms with Crippen molar-refractivity contribution >= 4 is 17.5 Å². The number of amides is 1. The predicted octanol–water partition coefficient (Wildman–Crippen LogP) is 2.79. The summed E-state index contributed by atoms with van der Waals surface area (Å²) >= 11 is 6.13. The minimum atomic E-state index is -0.0377. The van der Waals surface area contributed by atoms with Crippen LogP contribution >= 0.6 is 11.6 Å². The molecule has 2 heterocycles. The van der Waals surface area contributed by atoms with E-state index in [4.69, 9.17) is 11.6 Å². The van der Waals surface area contributed by atoms with Gasteiger partial charge in [-0.15, -0.1) is 0 Å². The van der Waals surface area contributed by atoms with Crippen LogP contribution in [0.4, 0.5) is 0 Å². The topological polar surface area (TPSA) is 58.1 Å². The van der Waals surface area contributed by atoms with Crippen LogP contribution in [0.1, 0.15) is 46.7 Å². The Morgan fingerprint density at radius 3 is 2.96 bits per heavy atom. The van der Waals surface area contributed by atoms with Crippen molar-refractivity contribution in [2.24, 2.45) is 0 Å². The molecule has 0 bridgehead atoms. The Morgan fingerprint density at radius 2 is 2.17 bits per heavy atom. The zero-order valence-corrected chi connectivity index (χ0v) is 14.0. The van der Waals surface area contributed by atoms with E-state index in [1.54, 1.807) is 12.3 Å². The molecular weight excluding hydrogens is 324 g/mol. The van der Waals surface area contributed by atoms with E-state index in [2.05, 4.69) is 15.3 Å². The van der Waals surface area contributed by atoms with Gasteiger partial charge < -0.3 is 10.2 Å². The number of nitrogens with zero attached hydrogens (tertiary/aromatic N) is 3. The number of nitrogens with one attached hydrogen (secondary N) is 1. The lowest BCUT2D eigenvalue weighted by molar-refractivity contribution is 0.0627. The van der Waals surface area contributed by atoms with Gasteiger partial charge in [0.05, 0.1) is 6.04 Å². The van der Waals surface area contributed by atoms with Crippen LogP contribution in [-0.2, 0) is 0 Å². The van der Waals surface area contributed by atoms with E-state index in [9.17, 15) is 4.79 Å². The van der Waals surface area contributed by atoms with Crippen LogP contribution in [0.15, 0.2) is 36.5 Å². The Bertz CT molecular complexity index is 762. The molecule has 1 atom stereocenters. The molecule has 0 spiro atoms. The van der Waals surface area contributed by atoms with E-state index in [1.807, 2.05) is 29.2 Å². The highest BCUT2D eigenvalue weighted by molar-refractivity contribution is 6.30. The Kier molecular flexibility index (Phi) is 4.21. The first-order valence-electron chi connectivity index (χ1n) is 8.32. The fourth-order valence-corrected chi connectivity index (χ4v) is 3.34. The van der Waals surface area contributed by atoms with Gasteiger partial charge in [0.2, 0.25) is 0 Å². The number of hydrogen-bond acceptors (Lipinski definition) is 4. The summed E-state index contributed by atoms with van der Waals surface area (Å²) in [4.78, 5) is 23.7. The number of aromatic nitrogens is 2. The number of hydrogen-bond donors (Lipinski definition) is 1. The highest BCUT2D eigenvalue weighted by atomic mass is 35.5. The third-order valence-corrected chi connectivity index (χ3v) is 4.81. The summed E-state index contributed by atoms with van der Waals surface area (Å²) in [5.74, 6) is 1.20. The maximum Gasteiger partial charge on any atom is 0.273 e. The van der Waals surface area contributed by atoms with Gasteiger partial charge >= 0.3 is 0 Å². The molecule has 2 fully saturated rings. The predicted molar refractivity (Wildman–Crippen MR) is 92.1 cm³/mol. The SMILES string of the molecule is O=C(c1ccnc(C2CC2)n1)N1CCNCC1c1cccc(Cl)c1. The molecule has 1 saturated heterocycles. The second-order valence-corrected chi connectivity index (χ2v) is 6.78. The second-order valence-electron chi connectivity index (χ2n) is 6.35. The molecule has 1 amide bonds. The van der Waals surface area contributed by atoms with Crippen molar-refractivity contribution in [3.05, 3.63) is 58.6 Å². The highest BCUT2D eigenvalue weighted by Crippen LogP contribution is 2.37. The smallest absolute Gasteiger partial charge is 0.273 e. The quantitative estimate of drug-likeness (QED) is 0.931. The molecule has 1 aromatic carbocycles. The molecule has 4 rings (SSSR count). The first-order chi connectivity index (χ1) is 11.7. The van der Waals surface area contributed by atoms with Gasteiger partial charge in [-0.25, -0.2) is 9.97 Å². The molecule has 1 N–H and O–H groups in total. The van der Waals surface area contributed by atoms with E-state index in [1.165, 1.54) is 0 Å². The summed E-state index contributed by atoms with van der Waals surface area (Å²) < 4.78 is 0. The minimum Gasteiger partial charge on any atom is -0.328 e. The molecule has 124 valence electrons. The van der Waals surface area contributed by atoms with Crippen molar-refractivity contribution in [1.29, 1.82) is 0 Å². The first kappa shape index (κ1) is 15.5. The van der Waals surface area contributed by atoms with Crippen LogP contribution in [0.25, 0.3) is 0 Å². The van der Waals surface area contributed by atoms with E-state index >= 15 is 0 Å². The van der Waals surface area contributed by atoms with Gasteiger partial charge in [0, 0.05) is 36.8 Å². The molecule has 2 aromatic rings. The van der Waals surface area contributed by atoms with Crippen LogP contribution in [0.2, 0.25) is 5.02 Å². The maximum absolute atomic E-state index is 13.0. The van der Waals surface area contributed by atoms with Crippen LogP contribution in [0.3, 0.4) is 0 Å². The summed E-state index contributed by atoms with van der Waals surface area (Å²) in [6.45, 7) is 2.15. The summed E-state index contributed by atoms with van der Waals surface area (Å²) in [6.07, 6.45) is 3.94. The van der Waals surface area contributed by atoms with Crippen molar-refractivity contribution in [3.8, 4) is 0 Å². The average Bonchev–Trinajstić information content (AvgIpc) is 3.46.